The molecule has 0 saturated carbocycles. The van der Waals surface area contributed by atoms with Gasteiger partial charge in [0.05, 0.1) is 0 Å². The van der Waals surface area contributed by atoms with Gasteiger partial charge in [0.25, 0.3) is 0 Å². The zero-order valence-electron chi connectivity index (χ0n) is 9.51. The lowest BCUT2D eigenvalue weighted by molar-refractivity contribution is 0.101. The number of piperazine rings is 1. The molecule has 84 valence electrons. The highest BCUT2D eigenvalue weighted by molar-refractivity contribution is 6.17. The molecule has 1 unspecified atom stereocenters. The standard InChI is InChI=1S/C11H23ClN2/c1-3-11(2)14-9-7-13(8-10-14)6-4-5-12/h11H,3-10H2,1-2H3. The third-order valence-corrected chi connectivity index (χ3v) is 3.50. The first kappa shape index (κ1) is 12.3. The van der Waals surface area contributed by atoms with Crippen molar-refractivity contribution in [2.24, 2.45) is 0 Å². The monoisotopic (exact) mass is 218 g/mol. The Hall–Kier alpha value is 0.210. The minimum Gasteiger partial charge on any atom is -0.301 e. The Bertz CT molecular complexity index is 144. The molecule has 1 rings (SSSR count). The van der Waals surface area contributed by atoms with Gasteiger partial charge in [-0.2, -0.15) is 0 Å². The van der Waals surface area contributed by atoms with Gasteiger partial charge in [0.15, 0.2) is 0 Å². The second-order valence-electron chi connectivity index (χ2n) is 4.18. The van der Waals surface area contributed by atoms with Gasteiger partial charge in [0, 0.05) is 38.1 Å². The molecular formula is C11H23ClN2. The van der Waals surface area contributed by atoms with Crippen LogP contribution in [0.4, 0.5) is 0 Å². The molecule has 0 N–H and O–H groups in total. The van der Waals surface area contributed by atoms with E-state index in [2.05, 4.69) is 23.6 Å². The Kier molecular flexibility index (Phi) is 5.83. The van der Waals surface area contributed by atoms with Crippen molar-refractivity contribution >= 4 is 11.6 Å². The van der Waals surface area contributed by atoms with Crippen LogP contribution in [0.2, 0.25) is 0 Å². The van der Waals surface area contributed by atoms with Gasteiger partial charge in [-0.15, -0.1) is 11.6 Å². The third kappa shape index (κ3) is 3.76. The minimum atomic E-state index is 0.755. The summed E-state index contributed by atoms with van der Waals surface area (Å²) in [4.78, 5) is 5.12. The Morgan fingerprint density at radius 1 is 1.21 bits per heavy atom. The molecule has 0 amide bonds. The smallest absolute Gasteiger partial charge is 0.0235 e. The molecule has 2 nitrogen and oxygen atoms in total. The third-order valence-electron chi connectivity index (χ3n) is 3.23. The number of nitrogens with zero attached hydrogens (tertiary/aromatic N) is 2. The van der Waals surface area contributed by atoms with E-state index in [1.165, 1.54) is 39.1 Å². The molecule has 1 aliphatic rings. The molecule has 0 aromatic carbocycles. The van der Waals surface area contributed by atoms with E-state index >= 15 is 0 Å². The van der Waals surface area contributed by atoms with Gasteiger partial charge in [-0.25, -0.2) is 0 Å². The second-order valence-corrected chi connectivity index (χ2v) is 4.56. The SMILES string of the molecule is CCC(C)N1CCN(CCCCl)CC1. The minimum absolute atomic E-state index is 0.755. The maximum Gasteiger partial charge on any atom is 0.0235 e. The van der Waals surface area contributed by atoms with Crippen molar-refractivity contribution in [3.63, 3.8) is 0 Å². The number of hydrogen-bond acceptors (Lipinski definition) is 2. The summed E-state index contributed by atoms with van der Waals surface area (Å²) in [5, 5.41) is 0. The highest BCUT2D eigenvalue weighted by atomic mass is 35.5. The molecule has 0 radical (unpaired) electrons. The van der Waals surface area contributed by atoms with Gasteiger partial charge in [-0.1, -0.05) is 6.92 Å². The Morgan fingerprint density at radius 2 is 1.86 bits per heavy atom. The highest BCUT2D eigenvalue weighted by Gasteiger charge is 2.19. The van der Waals surface area contributed by atoms with Crippen LogP contribution in [-0.2, 0) is 0 Å². The first-order valence-corrected chi connectivity index (χ1v) is 6.33. The van der Waals surface area contributed by atoms with Crippen LogP contribution in [0.5, 0.6) is 0 Å². The molecule has 0 aromatic heterocycles. The van der Waals surface area contributed by atoms with Gasteiger partial charge in [0.2, 0.25) is 0 Å². The maximum atomic E-state index is 5.69. The number of halogens is 1. The van der Waals surface area contributed by atoms with Crippen LogP contribution in [-0.4, -0.2) is 54.4 Å². The Morgan fingerprint density at radius 3 is 2.36 bits per heavy atom. The summed E-state index contributed by atoms with van der Waals surface area (Å²) < 4.78 is 0. The van der Waals surface area contributed by atoms with Crippen molar-refractivity contribution in [3.05, 3.63) is 0 Å². The van der Waals surface area contributed by atoms with Crippen molar-refractivity contribution < 1.29 is 0 Å². The van der Waals surface area contributed by atoms with Crippen molar-refractivity contribution in [3.8, 4) is 0 Å². The highest BCUT2D eigenvalue weighted by Crippen LogP contribution is 2.08. The molecule has 1 heterocycles. The molecule has 0 aromatic rings. The van der Waals surface area contributed by atoms with Gasteiger partial charge in [-0.05, 0) is 26.3 Å². The first-order chi connectivity index (χ1) is 6.77. The predicted octanol–water partition coefficient (Wildman–Crippen LogP) is 2.03. The van der Waals surface area contributed by atoms with Gasteiger partial charge in [-0.3, -0.25) is 4.90 Å². The largest absolute Gasteiger partial charge is 0.301 e. The van der Waals surface area contributed by atoms with Gasteiger partial charge in [0.1, 0.15) is 0 Å². The lowest BCUT2D eigenvalue weighted by Gasteiger charge is -2.37. The molecule has 0 bridgehead atoms. The van der Waals surface area contributed by atoms with Gasteiger partial charge >= 0.3 is 0 Å². The molecule has 1 aliphatic heterocycles. The Balaban J connectivity index is 2.17. The zero-order chi connectivity index (χ0) is 10.4. The van der Waals surface area contributed by atoms with E-state index in [1.54, 1.807) is 0 Å². The summed E-state index contributed by atoms with van der Waals surface area (Å²) in [6.07, 6.45) is 2.40. The summed E-state index contributed by atoms with van der Waals surface area (Å²) in [5.41, 5.74) is 0. The second kappa shape index (κ2) is 6.65. The fourth-order valence-electron chi connectivity index (χ4n) is 1.97. The van der Waals surface area contributed by atoms with Crippen LogP contribution in [0.3, 0.4) is 0 Å². The predicted molar refractivity (Wildman–Crippen MR) is 63.1 cm³/mol. The normalized spacial score (nSPS) is 22.5. The van der Waals surface area contributed by atoms with Crippen molar-refractivity contribution in [1.29, 1.82) is 0 Å². The number of rotatable bonds is 5. The van der Waals surface area contributed by atoms with E-state index in [-0.39, 0.29) is 0 Å². The summed E-state index contributed by atoms with van der Waals surface area (Å²) in [6.45, 7) is 10.7. The molecule has 0 spiro atoms. The van der Waals surface area contributed by atoms with Crippen LogP contribution < -0.4 is 0 Å². The summed E-state index contributed by atoms with van der Waals surface area (Å²) in [5.74, 6) is 0.797. The zero-order valence-corrected chi connectivity index (χ0v) is 10.3. The van der Waals surface area contributed by atoms with Crippen LogP contribution in [0, 0.1) is 0 Å². The Labute approximate surface area is 93.2 Å². The molecule has 1 fully saturated rings. The molecule has 1 atom stereocenters. The molecule has 3 heteroatoms. The van der Waals surface area contributed by atoms with E-state index in [0.717, 1.165) is 18.3 Å². The molecule has 0 aliphatic carbocycles. The summed E-state index contributed by atoms with van der Waals surface area (Å²) >= 11 is 5.69. The topological polar surface area (TPSA) is 6.48 Å². The summed E-state index contributed by atoms with van der Waals surface area (Å²) in [6, 6.07) is 0.755. The molecular weight excluding hydrogens is 196 g/mol. The van der Waals surface area contributed by atoms with Crippen molar-refractivity contribution in [1.82, 2.24) is 9.80 Å². The van der Waals surface area contributed by atoms with E-state index in [0.29, 0.717) is 0 Å². The van der Waals surface area contributed by atoms with E-state index in [4.69, 9.17) is 11.6 Å². The van der Waals surface area contributed by atoms with Crippen LogP contribution in [0.1, 0.15) is 26.7 Å². The molecule has 1 saturated heterocycles. The average Bonchev–Trinajstić information content (AvgIpc) is 2.26. The number of hydrogen-bond donors (Lipinski definition) is 0. The van der Waals surface area contributed by atoms with Crippen LogP contribution >= 0.6 is 11.6 Å². The fourth-order valence-corrected chi connectivity index (χ4v) is 2.09. The first-order valence-electron chi connectivity index (χ1n) is 5.80. The lowest BCUT2D eigenvalue weighted by Crippen LogP contribution is -2.49. The molecule has 14 heavy (non-hydrogen) atoms. The van der Waals surface area contributed by atoms with Crippen LogP contribution in [0.15, 0.2) is 0 Å². The van der Waals surface area contributed by atoms with Crippen LogP contribution in [0.25, 0.3) is 0 Å². The van der Waals surface area contributed by atoms with E-state index in [1.807, 2.05) is 0 Å². The van der Waals surface area contributed by atoms with E-state index < -0.39 is 0 Å². The van der Waals surface area contributed by atoms with E-state index in [9.17, 15) is 0 Å². The van der Waals surface area contributed by atoms with Gasteiger partial charge < -0.3 is 4.90 Å². The quantitative estimate of drug-likeness (QED) is 0.652. The number of alkyl halides is 1. The van der Waals surface area contributed by atoms with Crippen molar-refractivity contribution in [2.75, 3.05) is 38.6 Å². The van der Waals surface area contributed by atoms with Crippen molar-refractivity contribution in [2.45, 2.75) is 32.7 Å². The maximum absolute atomic E-state index is 5.69. The summed E-state index contributed by atoms with van der Waals surface area (Å²) in [7, 11) is 0. The lowest BCUT2D eigenvalue weighted by atomic mass is 10.2. The average molecular weight is 219 g/mol. The fraction of sp³-hybridized carbons (Fsp3) is 1.00.